The van der Waals surface area contributed by atoms with Crippen molar-refractivity contribution in [1.29, 1.82) is 0 Å². The molecule has 4 aromatic rings. The third-order valence-corrected chi connectivity index (χ3v) is 5.65. The Morgan fingerprint density at radius 3 is 1.47 bits per heavy atom. The number of fused-ring (bicyclic) bond motifs is 2. The molecule has 2 amide bonds. The molecule has 0 atom stereocenters. The van der Waals surface area contributed by atoms with Gasteiger partial charge >= 0.3 is 12.2 Å². The zero-order chi connectivity index (χ0) is 24.2. The van der Waals surface area contributed by atoms with Crippen molar-refractivity contribution < 1.29 is 19.1 Å². The van der Waals surface area contributed by atoms with Crippen molar-refractivity contribution in [2.75, 3.05) is 13.1 Å². The van der Waals surface area contributed by atoms with Gasteiger partial charge in [-0.2, -0.15) is 0 Å². The van der Waals surface area contributed by atoms with Crippen LogP contribution >= 0.6 is 23.2 Å². The lowest BCUT2D eigenvalue weighted by atomic mass is 9.92. The lowest BCUT2D eigenvalue weighted by Crippen LogP contribution is -2.27. The van der Waals surface area contributed by atoms with Gasteiger partial charge in [-0.05, 0) is 71.8 Å². The average Bonchev–Trinajstić information content (AvgIpc) is 2.79. The van der Waals surface area contributed by atoms with Crippen LogP contribution in [0.2, 0.25) is 10.0 Å². The second-order valence-electron chi connectivity index (χ2n) is 7.45. The van der Waals surface area contributed by atoms with Crippen molar-refractivity contribution in [2.24, 2.45) is 0 Å². The highest BCUT2D eigenvalue weighted by molar-refractivity contribution is 6.32. The molecule has 0 fully saturated rings. The number of hydrogen-bond donors (Lipinski definition) is 2. The second-order valence-corrected chi connectivity index (χ2v) is 8.32. The monoisotopic (exact) mass is 496 g/mol. The van der Waals surface area contributed by atoms with Gasteiger partial charge in [0, 0.05) is 34.3 Å². The number of halogens is 2. The summed E-state index contributed by atoms with van der Waals surface area (Å²) in [6, 6.07) is 17.9. The van der Waals surface area contributed by atoms with Crippen molar-refractivity contribution in [3.63, 3.8) is 0 Å². The van der Waals surface area contributed by atoms with E-state index in [2.05, 4.69) is 10.6 Å². The molecule has 174 valence electrons. The van der Waals surface area contributed by atoms with Crippen LogP contribution in [0.4, 0.5) is 9.59 Å². The highest BCUT2D eigenvalue weighted by Crippen LogP contribution is 2.46. The molecule has 0 spiro atoms. The second kappa shape index (κ2) is 10.2. The summed E-state index contributed by atoms with van der Waals surface area (Å²) in [6.07, 6.45) is -1.18. The van der Waals surface area contributed by atoms with Gasteiger partial charge in [-0.15, -0.1) is 0 Å². The third kappa shape index (κ3) is 4.88. The summed E-state index contributed by atoms with van der Waals surface area (Å²) in [6.45, 7) is 4.43. The van der Waals surface area contributed by atoms with Crippen molar-refractivity contribution in [3.05, 3.63) is 70.7 Å². The predicted octanol–water partition coefficient (Wildman–Crippen LogP) is 7.18. The molecule has 4 aromatic carbocycles. The lowest BCUT2D eigenvalue weighted by molar-refractivity contribution is 0.199. The molecule has 0 heterocycles. The largest absolute Gasteiger partial charge is 0.412 e. The van der Waals surface area contributed by atoms with Gasteiger partial charge in [-0.3, -0.25) is 0 Å². The van der Waals surface area contributed by atoms with E-state index in [0.717, 1.165) is 21.5 Å². The molecule has 2 N–H and O–H groups in total. The fourth-order valence-electron chi connectivity index (χ4n) is 3.81. The normalized spacial score (nSPS) is 10.8. The molecule has 0 radical (unpaired) electrons. The van der Waals surface area contributed by atoms with Gasteiger partial charge < -0.3 is 20.1 Å². The van der Waals surface area contributed by atoms with E-state index in [0.29, 0.717) is 45.8 Å². The molecule has 0 aromatic heterocycles. The van der Waals surface area contributed by atoms with Gasteiger partial charge in [0.25, 0.3) is 0 Å². The van der Waals surface area contributed by atoms with E-state index >= 15 is 0 Å². The Bertz CT molecular complexity index is 1300. The molecule has 0 aliphatic rings. The van der Waals surface area contributed by atoms with Crippen LogP contribution in [0, 0.1) is 0 Å². The summed E-state index contributed by atoms with van der Waals surface area (Å²) in [5.74, 6) is 0.618. The number of amides is 2. The summed E-state index contributed by atoms with van der Waals surface area (Å²) in [7, 11) is 0. The Morgan fingerprint density at radius 1 is 0.676 bits per heavy atom. The smallest absolute Gasteiger partial charge is 0.410 e. The first kappa shape index (κ1) is 23.7. The van der Waals surface area contributed by atoms with E-state index in [4.69, 9.17) is 32.7 Å². The van der Waals surface area contributed by atoms with Crippen LogP contribution < -0.4 is 20.1 Å². The van der Waals surface area contributed by atoms with Crippen LogP contribution in [0.15, 0.2) is 60.7 Å². The van der Waals surface area contributed by atoms with Gasteiger partial charge in [0.1, 0.15) is 11.5 Å². The number of benzene rings is 4. The van der Waals surface area contributed by atoms with Gasteiger partial charge in [-0.25, -0.2) is 9.59 Å². The van der Waals surface area contributed by atoms with Crippen LogP contribution in [0.1, 0.15) is 13.8 Å². The molecule has 8 heteroatoms. The minimum Gasteiger partial charge on any atom is -0.410 e. The van der Waals surface area contributed by atoms with Crippen LogP contribution in [0.5, 0.6) is 11.5 Å². The summed E-state index contributed by atoms with van der Waals surface area (Å²) in [4.78, 5) is 24.8. The fraction of sp³-hybridized carbons (Fsp3) is 0.154. The van der Waals surface area contributed by atoms with Crippen molar-refractivity contribution >= 4 is 56.9 Å². The molecule has 0 saturated carbocycles. The van der Waals surface area contributed by atoms with Gasteiger partial charge in [0.2, 0.25) is 0 Å². The van der Waals surface area contributed by atoms with Gasteiger partial charge in [0.15, 0.2) is 0 Å². The highest BCUT2D eigenvalue weighted by atomic mass is 35.5. The SMILES string of the molecule is CCNC(=O)Oc1ccc2cc(Cl)ccc2c1-c1c(OC(=O)NCC)ccc2cc(Cl)ccc12. The topological polar surface area (TPSA) is 76.7 Å². The summed E-state index contributed by atoms with van der Waals surface area (Å²) < 4.78 is 11.4. The van der Waals surface area contributed by atoms with Crippen LogP contribution in [-0.2, 0) is 0 Å². The Kier molecular flexibility index (Phi) is 7.10. The van der Waals surface area contributed by atoms with Gasteiger partial charge in [0.05, 0.1) is 0 Å². The zero-order valence-electron chi connectivity index (χ0n) is 18.6. The number of carbonyl (C=O) groups excluding carboxylic acids is 2. The number of nitrogens with one attached hydrogen (secondary N) is 2. The standard InChI is InChI=1S/C26H22Cl2N2O4/c1-3-29-25(31)33-21-11-5-15-13-17(27)7-9-19(15)23(21)24-20-10-8-18(28)14-16(20)6-12-22(24)34-26(32)30-4-2/h5-14H,3-4H2,1-2H3,(H,29,31)(H,30,32). The molecular weight excluding hydrogens is 475 g/mol. The molecule has 0 aliphatic heterocycles. The van der Waals surface area contributed by atoms with E-state index in [-0.39, 0.29) is 0 Å². The molecule has 0 aliphatic carbocycles. The summed E-state index contributed by atoms with van der Waals surface area (Å²) in [5.41, 5.74) is 1.18. The van der Waals surface area contributed by atoms with Crippen LogP contribution in [0.3, 0.4) is 0 Å². The molecular formula is C26H22Cl2N2O4. The zero-order valence-corrected chi connectivity index (χ0v) is 20.1. The maximum Gasteiger partial charge on any atom is 0.412 e. The Labute approximate surface area is 206 Å². The van der Waals surface area contributed by atoms with E-state index < -0.39 is 12.2 Å². The van der Waals surface area contributed by atoms with Crippen molar-refractivity contribution in [3.8, 4) is 22.6 Å². The van der Waals surface area contributed by atoms with Crippen molar-refractivity contribution in [1.82, 2.24) is 10.6 Å². The maximum atomic E-state index is 12.4. The molecule has 0 bridgehead atoms. The average molecular weight is 497 g/mol. The number of hydrogen-bond acceptors (Lipinski definition) is 4. The van der Waals surface area contributed by atoms with E-state index in [1.54, 1.807) is 38.1 Å². The van der Waals surface area contributed by atoms with Crippen LogP contribution in [0.25, 0.3) is 32.7 Å². The van der Waals surface area contributed by atoms with Crippen LogP contribution in [-0.4, -0.2) is 25.3 Å². The Balaban J connectivity index is 2.06. The first-order valence-corrected chi connectivity index (χ1v) is 11.5. The maximum absolute atomic E-state index is 12.4. The van der Waals surface area contributed by atoms with E-state index in [9.17, 15) is 9.59 Å². The first-order chi connectivity index (χ1) is 16.4. The van der Waals surface area contributed by atoms with E-state index in [1.165, 1.54) is 0 Å². The van der Waals surface area contributed by atoms with Crippen molar-refractivity contribution in [2.45, 2.75) is 13.8 Å². The number of rotatable bonds is 5. The Morgan fingerprint density at radius 2 is 1.09 bits per heavy atom. The molecule has 4 rings (SSSR count). The van der Waals surface area contributed by atoms with Gasteiger partial charge in [-0.1, -0.05) is 47.5 Å². The van der Waals surface area contributed by atoms with E-state index in [1.807, 2.05) is 36.4 Å². The quantitative estimate of drug-likeness (QED) is 0.306. The lowest BCUT2D eigenvalue weighted by Gasteiger charge is -2.19. The number of carbonyl (C=O) groups is 2. The third-order valence-electron chi connectivity index (χ3n) is 5.18. The minimum atomic E-state index is -0.591. The fourth-order valence-corrected chi connectivity index (χ4v) is 4.17. The molecule has 6 nitrogen and oxygen atoms in total. The predicted molar refractivity (Wildman–Crippen MR) is 136 cm³/mol. The Hall–Kier alpha value is -3.48. The first-order valence-electron chi connectivity index (χ1n) is 10.8. The molecule has 34 heavy (non-hydrogen) atoms. The minimum absolute atomic E-state index is 0.309. The summed E-state index contributed by atoms with van der Waals surface area (Å²) in [5, 5.41) is 9.64. The highest BCUT2D eigenvalue weighted by Gasteiger charge is 2.22. The summed E-state index contributed by atoms with van der Waals surface area (Å²) >= 11 is 12.5. The number of ether oxygens (including phenoxy) is 2. The molecule has 0 unspecified atom stereocenters. The molecule has 0 saturated heterocycles.